The molecule has 3 nitrogen and oxygen atoms in total. The molecular formula is C14H23N3. The first-order chi connectivity index (χ1) is 8.14. The Hall–Kier alpha value is -1.09. The molecule has 0 radical (unpaired) electrons. The van der Waals surface area contributed by atoms with Crippen molar-refractivity contribution in [3.8, 4) is 0 Å². The lowest BCUT2D eigenvalue weighted by Gasteiger charge is -2.34. The molecule has 17 heavy (non-hydrogen) atoms. The highest BCUT2D eigenvalue weighted by atomic mass is 15.2. The number of hydrogen-bond donors (Lipinski definition) is 1. The second-order valence-electron chi connectivity index (χ2n) is 5.22. The lowest BCUT2D eigenvalue weighted by molar-refractivity contribution is 0.366. The highest BCUT2D eigenvalue weighted by Crippen LogP contribution is 2.23. The standard InChI is InChI=1S/C14H23N3/c1-4-14(3)11-17(10-6-9-16-14)13-7-5-8-15-12(13)2/h5,7-8,16H,4,6,9-11H2,1-3H3. The van der Waals surface area contributed by atoms with Crippen molar-refractivity contribution in [2.45, 2.75) is 39.2 Å². The molecule has 3 heteroatoms. The smallest absolute Gasteiger partial charge is 0.0605 e. The summed E-state index contributed by atoms with van der Waals surface area (Å²) >= 11 is 0. The Morgan fingerprint density at radius 1 is 1.53 bits per heavy atom. The number of pyridine rings is 1. The topological polar surface area (TPSA) is 28.2 Å². The summed E-state index contributed by atoms with van der Waals surface area (Å²) in [7, 11) is 0. The van der Waals surface area contributed by atoms with Gasteiger partial charge in [-0.15, -0.1) is 0 Å². The molecule has 94 valence electrons. The Morgan fingerprint density at radius 3 is 3.06 bits per heavy atom. The second-order valence-corrected chi connectivity index (χ2v) is 5.22. The maximum atomic E-state index is 4.40. The average Bonchev–Trinajstić information content (AvgIpc) is 2.53. The highest BCUT2D eigenvalue weighted by Gasteiger charge is 2.27. The van der Waals surface area contributed by atoms with Crippen molar-refractivity contribution in [1.82, 2.24) is 10.3 Å². The summed E-state index contributed by atoms with van der Waals surface area (Å²) in [6.45, 7) is 9.96. The highest BCUT2D eigenvalue weighted by molar-refractivity contribution is 5.50. The van der Waals surface area contributed by atoms with Crippen LogP contribution in [0.4, 0.5) is 5.69 Å². The minimum absolute atomic E-state index is 0.221. The number of nitrogens with one attached hydrogen (secondary N) is 1. The zero-order valence-corrected chi connectivity index (χ0v) is 11.2. The van der Waals surface area contributed by atoms with E-state index >= 15 is 0 Å². The molecule has 1 aliphatic rings. The first kappa shape index (κ1) is 12.4. The normalized spacial score (nSPS) is 25.7. The zero-order chi connectivity index (χ0) is 12.3. The number of hydrogen-bond acceptors (Lipinski definition) is 3. The molecule has 1 unspecified atom stereocenters. The van der Waals surface area contributed by atoms with Crippen LogP contribution in [0.2, 0.25) is 0 Å². The van der Waals surface area contributed by atoms with Crippen LogP contribution in [0.25, 0.3) is 0 Å². The Kier molecular flexibility index (Phi) is 3.67. The molecule has 0 aromatic carbocycles. The van der Waals surface area contributed by atoms with Crippen molar-refractivity contribution < 1.29 is 0 Å². The summed E-state index contributed by atoms with van der Waals surface area (Å²) in [6, 6.07) is 4.22. The van der Waals surface area contributed by atoms with Crippen molar-refractivity contribution in [3.05, 3.63) is 24.0 Å². The average molecular weight is 233 g/mol. The van der Waals surface area contributed by atoms with Gasteiger partial charge in [0.25, 0.3) is 0 Å². The summed E-state index contributed by atoms with van der Waals surface area (Å²) < 4.78 is 0. The van der Waals surface area contributed by atoms with Gasteiger partial charge in [0.05, 0.1) is 11.4 Å². The zero-order valence-electron chi connectivity index (χ0n) is 11.2. The summed E-state index contributed by atoms with van der Waals surface area (Å²) in [5.41, 5.74) is 2.64. The molecule has 0 bridgehead atoms. The van der Waals surface area contributed by atoms with Crippen molar-refractivity contribution in [2.75, 3.05) is 24.5 Å². The van der Waals surface area contributed by atoms with Crippen LogP contribution < -0.4 is 10.2 Å². The van der Waals surface area contributed by atoms with Crippen LogP contribution in [-0.4, -0.2) is 30.2 Å². The van der Waals surface area contributed by atoms with Gasteiger partial charge in [-0.05, 0) is 45.4 Å². The molecule has 1 N–H and O–H groups in total. The van der Waals surface area contributed by atoms with Crippen LogP contribution >= 0.6 is 0 Å². The van der Waals surface area contributed by atoms with Gasteiger partial charge in [-0.3, -0.25) is 4.98 Å². The maximum Gasteiger partial charge on any atom is 0.0605 e. The van der Waals surface area contributed by atoms with E-state index in [2.05, 4.69) is 42.0 Å². The van der Waals surface area contributed by atoms with Crippen LogP contribution in [0, 0.1) is 6.92 Å². The van der Waals surface area contributed by atoms with Gasteiger partial charge in [0, 0.05) is 24.8 Å². The lowest BCUT2D eigenvalue weighted by Crippen LogP contribution is -2.48. The van der Waals surface area contributed by atoms with E-state index < -0.39 is 0 Å². The van der Waals surface area contributed by atoms with Crippen molar-refractivity contribution in [1.29, 1.82) is 0 Å². The van der Waals surface area contributed by atoms with Gasteiger partial charge < -0.3 is 10.2 Å². The van der Waals surface area contributed by atoms with Crippen molar-refractivity contribution in [2.24, 2.45) is 0 Å². The fourth-order valence-electron chi connectivity index (χ4n) is 2.47. The van der Waals surface area contributed by atoms with E-state index in [0.29, 0.717) is 0 Å². The lowest BCUT2D eigenvalue weighted by atomic mass is 9.98. The third-order valence-corrected chi connectivity index (χ3v) is 3.80. The van der Waals surface area contributed by atoms with Gasteiger partial charge in [0.15, 0.2) is 0 Å². The quantitative estimate of drug-likeness (QED) is 0.850. The van der Waals surface area contributed by atoms with Crippen LogP contribution in [0.3, 0.4) is 0 Å². The predicted octanol–water partition coefficient (Wildman–Crippen LogP) is 2.36. The van der Waals surface area contributed by atoms with E-state index in [9.17, 15) is 0 Å². The Labute approximate surface area is 104 Å². The molecule has 1 fully saturated rings. The molecular weight excluding hydrogens is 210 g/mol. The second kappa shape index (κ2) is 5.05. The number of aryl methyl sites for hydroxylation is 1. The monoisotopic (exact) mass is 233 g/mol. The van der Waals surface area contributed by atoms with Crippen LogP contribution in [0.5, 0.6) is 0 Å². The van der Waals surface area contributed by atoms with E-state index in [1.165, 1.54) is 12.1 Å². The maximum absolute atomic E-state index is 4.40. The Balaban J connectivity index is 2.23. The van der Waals surface area contributed by atoms with Crippen LogP contribution in [-0.2, 0) is 0 Å². The number of anilines is 1. The molecule has 0 spiro atoms. The van der Waals surface area contributed by atoms with E-state index in [-0.39, 0.29) is 5.54 Å². The molecule has 1 aliphatic heterocycles. The molecule has 2 rings (SSSR count). The van der Waals surface area contributed by atoms with E-state index in [0.717, 1.165) is 31.7 Å². The Bertz CT molecular complexity index is 377. The molecule has 0 amide bonds. The SMILES string of the molecule is CCC1(C)CN(c2cccnc2C)CCCN1. The molecule has 0 saturated carbocycles. The summed E-state index contributed by atoms with van der Waals surface area (Å²) in [6.07, 6.45) is 4.22. The van der Waals surface area contributed by atoms with Crippen LogP contribution in [0.15, 0.2) is 18.3 Å². The van der Waals surface area contributed by atoms with Crippen LogP contribution in [0.1, 0.15) is 32.4 Å². The molecule has 1 atom stereocenters. The molecule has 0 aliphatic carbocycles. The summed E-state index contributed by atoms with van der Waals surface area (Å²) in [5.74, 6) is 0. The molecule has 2 heterocycles. The molecule has 1 aromatic rings. The summed E-state index contributed by atoms with van der Waals surface area (Å²) in [5, 5.41) is 3.66. The molecule has 1 aromatic heterocycles. The van der Waals surface area contributed by atoms with Gasteiger partial charge in [0.1, 0.15) is 0 Å². The number of rotatable bonds is 2. The van der Waals surface area contributed by atoms with E-state index in [4.69, 9.17) is 0 Å². The Morgan fingerprint density at radius 2 is 2.35 bits per heavy atom. The number of aromatic nitrogens is 1. The van der Waals surface area contributed by atoms with Crippen molar-refractivity contribution in [3.63, 3.8) is 0 Å². The van der Waals surface area contributed by atoms with E-state index in [1.54, 1.807) is 0 Å². The molecule has 1 saturated heterocycles. The third-order valence-electron chi connectivity index (χ3n) is 3.80. The fourth-order valence-corrected chi connectivity index (χ4v) is 2.47. The minimum atomic E-state index is 0.221. The van der Waals surface area contributed by atoms with Gasteiger partial charge >= 0.3 is 0 Å². The van der Waals surface area contributed by atoms with Gasteiger partial charge in [0.2, 0.25) is 0 Å². The first-order valence-electron chi connectivity index (χ1n) is 6.56. The number of nitrogens with zero attached hydrogens (tertiary/aromatic N) is 2. The largest absolute Gasteiger partial charge is 0.368 e. The van der Waals surface area contributed by atoms with Gasteiger partial charge in [-0.2, -0.15) is 0 Å². The minimum Gasteiger partial charge on any atom is -0.368 e. The third kappa shape index (κ3) is 2.78. The first-order valence-corrected chi connectivity index (χ1v) is 6.56. The van der Waals surface area contributed by atoms with Crippen molar-refractivity contribution >= 4 is 5.69 Å². The van der Waals surface area contributed by atoms with E-state index in [1.807, 2.05) is 12.3 Å². The van der Waals surface area contributed by atoms with Gasteiger partial charge in [-0.25, -0.2) is 0 Å². The predicted molar refractivity (Wildman–Crippen MR) is 72.5 cm³/mol. The fraction of sp³-hybridized carbons (Fsp3) is 0.643. The summed E-state index contributed by atoms with van der Waals surface area (Å²) in [4.78, 5) is 6.87. The van der Waals surface area contributed by atoms with Gasteiger partial charge in [-0.1, -0.05) is 6.92 Å².